The molecule has 1 aromatic rings. The quantitative estimate of drug-likeness (QED) is 0.636. The highest BCUT2D eigenvalue weighted by atomic mass is 16.6. The standard InChI is InChI=1S/C20H26O5/c1-12-8-16(22)19(3)15(4-6-18(19,2)11-21)20(12)9-14(25-17(20)23)13-5-7-24-10-13/h4-5,7,10,12,14,16,21-22H,6,8-9,11H2,1-3H3/t12-,14-,16-,18+,19-,20-/m1/s1. The predicted octanol–water partition coefficient (Wildman–Crippen LogP) is 2.99. The normalized spacial score (nSPS) is 46.2. The number of allylic oxidation sites excluding steroid dienone is 1. The minimum absolute atomic E-state index is 0.0210. The van der Waals surface area contributed by atoms with Crippen LogP contribution in [-0.2, 0) is 9.53 Å². The minimum atomic E-state index is -0.733. The van der Waals surface area contributed by atoms with Crippen molar-refractivity contribution in [2.75, 3.05) is 6.61 Å². The lowest BCUT2D eigenvalue weighted by molar-refractivity contribution is -0.156. The number of aliphatic hydroxyl groups is 2. The summed E-state index contributed by atoms with van der Waals surface area (Å²) in [6, 6.07) is 1.83. The van der Waals surface area contributed by atoms with Crippen LogP contribution in [0.3, 0.4) is 0 Å². The molecular weight excluding hydrogens is 320 g/mol. The lowest BCUT2D eigenvalue weighted by Gasteiger charge is -2.55. The Balaban J connectivity index is 1.81. The Bertz CT molecular complexity index is 722. The molecule has 2 N–H and O–H groups in total. The molecule has 5 nitrogen and oxygen atoms in total. The van der Waals surface area contributed by atoms with Crippen molar-refractivity contribution in [2.24, 2.45) is 22.2 Å². The zero-order valence-corrected chi connectivity index (χ0v) is 15.0. The molecule has 136 valence electrons. The molecule has 0 unspecified atom stereocenters. The van der Waals surface area contributed by atoms with Gasteiger partial charge in [-0.05, 0) is 30.4 Å². The molecule has 2 aliphatic carbocycles. The largest absolute Gasteiger partial charge is 0.472 e. The Kier molecular flexibility index (Phi) is 3.51. The predicted molar refractivity (Wildman–Crippen MR) is 90.4 cm³/mol. The fraction of sp³-hybridized carbons (Fsp3) is 0.650. The molecule has 4 rings (SSSR count). The molecule has 0 bridgehead atoms. The summed E-state index contributed by atoms with van der Waals surface area (Å²) in [5.74, 6) is -0.231. The molecule has 0 amide bonds. The second-order valence-electron chi connectivity index (χ2n) is 8.52. The fourth-order valence-corrected chi connectivity index (χ4v) is 5.49. The number of carbonyl (C=O) groups is 1. The van der Waals surface area contributed by atoms with Crippen LogP contribution < -0.4 is 0 Å². The summed E-state index contributed by atoms with van der Waals surface area (Å²) < 4.78 is 10.9. The third-order valence-corrected chi connectivity index (χ3v) is 7.52. The number of furan rings is 1. The van der Waals surface area contributed by atoms with E-state index in [-0.39, 0.29) is 24.6 Å². The Morgan fingerprint density at radius 1 is 1.36 bits per heavy atom. The van der Waals surface area contributed by atoms with Gasteiger partial charge in [-0.3, -0.25) is 4.79 Å². The van der Waals surface area contributed by atoms with Crippen LogP contribution in [0.4, 0.5) is 0 Å². The maximum Gasteiger partial charge on any atom is 0.317 e. The van der Waals surface area contributed by atoms with E-state index in [1.165, 1.54) is 0 Å². The van der Waals surface area contributed by atoms with Gasteiger partial charge in [0.15, 0.2) is 0 Å². The summed E-state index contributed by atoms with van der Waals surface area (Å²) in [4.78, 5) is 13.1. The molecular formula is C20H26O5. The van der Waals surface area contributed by atoms with Gasteiger partial charge in [-0.2, -0.15) is 0 Å². The molecule has 2 heterocycles. The Labute approximate surface area is 147 Å². The Morgan fingerprint density at radius 2 is 2.12 bits per heavy atom. The maximum atomic E-state index is 13.1. The number of ether oxygens (including phenoxy) is 1. The van der Waals surface area contributed by atoms with Crippen LogP contribution in [0, 0.1) is 22.2 Å². The van der Waals surface area contributed by atoms with Gasteiger partial charge < -0.3 is 19.4 Å². The fourth-order valence-electron chi connectivity index (χ4n) is 5.49. The average molecular weight is 346 g/mol. The molecule has 1 saturated carbocycles. The number of rotatable bonds is 2. The lowest BCUT2D eigenvalue weighted by Crippen LogP contribution is -2.57. The number of aliphatic hydroxyl groups excluding tert-OH is 2. The summed E-state index contributed by atoms with van der Waals surface area (Å²) >= 11 is 0. The second-order valence-corrected chi connectivity index (χ2v) is 8.52. The molecule has 2 fully saturated rings. The summed E-state index contributed by atoms with van der Waals surface area (Å²) in [6.45, 7) is 6.00. The van der Waals surface area contributed by atoms with Crippen molar-refractivity contribution in [1.29, 1.82) is 0 Å². The SMILES string of the molecule is C[C@@H]1C[C@@H](O)[C@@]2(C)C(=CC[C@@]2(C)CO)[C@@]12C[C@H](c1ccoc1)OC2=O. The van der Waals surface area contributed by atoms with Gasteiger partial charge in [-0.1, -0.05) is 26.8 Å². The van der Waals surface area contributed by atoms with E-state index < -0.39 is 22.3 Å². The van der Waals surface area contributed by atoms with Crippen LogP contribution in [0.15, 0.2) is 34.7 Å². The molecule has 5 heteroatoms. The van der Waals surface area contributed by atoms with Crippen LogP contribution in [0.2, 0.25) is 0 Å². The monoisotopic (exact) mass is 346 g/mol. The Hall–Kier alpha value is -1.59. The van der Waals surface area contributed by atoms with E-state index >= 15 is 0 Å². The Morgan fingerprint density at radius 3 is 2.76 bits per heavy atom. The van der Waals surface area contributed by atoms with E-state index in [9.17, 15) is 15.0 Å². The number of fused-ring (bicyclic) bond motifs is 2. The first-order valence-corrected chi connectivity index (χ1v) is 9.03. The van der Waals surface area contributed by atoms with E-state index in [4.69, 9.17) is 9.15 Å². The second kappa shape index (κ2) is 5.21. The van der Waals surface area contributed by atoms with E-state index in [0.29, 0.717) is 19.3 Å². The van der Waals surface area contributed by atoms with E-state index in [1.54, 1.807) is 12.5 Å². The maximum absolute atomic E-state index is 13.1. The first kappa shape index (κ1) is 16.9. The van der Waals surface area contributed by atoms with Gasteiger partial charge >= 0.3 is 5.97 Å². The van der Waals surface area contributed by atoms with E-state index in [0.717, 1.165) is 11.1 Å². The van der Waals surface area contributed by atoms with Crippen molar-refractivity contribution >= 4 is 5.97 Å². The highest BCUT2D eigenvalue weighted by Crippen LogP contribution is 2.68. The van der Waals surface area contributed by atoms with Crippen molar-refractivity contribution in [3.05, 3.63) is 35.8 Å². The van der Waals surface area contributed by atoms with Gasteiger partial charge in [0.2, 0.25) is 0 Å². The highest BCUT2D eigenvalue weighted by Gasteiger charge is 2.68. The molecule has 0 radical (unpaired) electrons. The molecule has 3 aliphatic rings. The van der Waals surface area contributed by atoms with Crippen molar-refractivity contribution < 1.29 is 24.2 Å². The molecule has 1 spiro atoms. The summed E-state index contributed by atoms with van der Waals surface area (Å²) in [5, 5.41) is 21.0. The summed E-state index contributed by atoms with van der Waals surface area (Å²) in [6.07, 6.45) is 6.12. The molecule has 6 atom stereocenters. The number of hydrogen-bond acceptors (Lipinski definition) is 5. The van der Waals surface area contributed by atoms with Crippen molar-refractivity contribution in [1.82, 2.24) is 0 Å². The average Bonchev–Trinajstić information content (AvgIpc) is 3.27. The highest BCUT2D eigenvalue weighted by molar-refractivity contribution is 5.84. The number of cyclic esters (lactones) is 1. The van der Waals surface area contributed by atoms with Gasteiger partial charge in [0, 0.05) is 29.4 Å². The third-order valence-electron chi connectivity index (χ3n) is 7.52. The molecule has 25 heavy (non-hydrogen) atoms. The van der Waals surface area contributed by atoms with Crippen LogP contribution in [0.25, 0.3) is 0 Å². The van der Waals surface area contributed by atoms with Crippen molar-refractivity contribution in [2.45, 2.75) is 52.2 Å². The van der Waals surface area contributed by atoms with Crippen molar-refractivity contribution in [3.63, 3.8) is 0 Å². The first-order chi connectivity index (χ1) is 11.8. The van der Waals surface area contributed by atoms with Gasteiger partial charge in [-0.15, -0.1) is 0 Å². The third kappa shape index (κ3) is 1.88. The molecule has 1 saturated heterocycles. The zero-order chi connectivity index (χ0) is 18.0. The smallest absolute Gasteiger partial charge is 0.317 e. The van der Waals surface area contributed by atoms with Gasteiger partial charge in [0.25, 0.3) is 0 Å². The van der Waals surface area contributed by atoms with Gasteiger partial charge in [-0.25, -0.2) is 0 Å². The summed E-state index contributed by atoms with van der Waals surface area (Å²) in [5.41, 5.74) is -0.00261. The number of hydrogen-bond donors (Lipinski definition) is 2. The van der Waals surface area contributed by atoms with Crippen LogP contribution in [0.1, 0.15) is 51.7 Å². The topological polar surface area (TPSA) is 79.9 Å². The van der Waals surface area contributed by atoms with Gasteiger partial charge in [0.1, 0.15) is 6.10 Å². The summed E-state index contributed by atoms with van der Waals surface area (Å²) in [7, 11) is 0. The van der Waals surface area contributed by atoms with Gasteiger partial charge in [0.05, 0.1) is 24.0 Å². The van der Waals surface area contributed by atoms with Crippen LogP contribution >= 0.6 is 0 Å². The zero-order valence-electron chi connectivity index (χ0n) is 15.0. The molecule has 0 aromatic carbocycles. The number of carbonyl (C=O) groups excluding carboxylic acids is 1. The molecule has 1 aromatic heterocycles. The lowest BCUT2D eigenvalue weighted by atomic mass is 9.48. The van der Waals surface area contributed by atoms with Crippen LogP contribution in [-0.4, -0.2) is 28.9 Å². The van der Waals surface area contributed by atoms with E-state index in [2.05, 4.69) is 6.08 Å². The number of esters is 1. The molecule has 1 aliphatic heterocycles. The first-order valence-electron chi connectivity index (χ1n) is 9.03. The van der Waals surface area contributed by atoms with Crippen LogP contribution in [0.5, 0.6) is 0 Å². The van der Waals surface area contributed by atoms with Crippen molar-refractivity contribution in [3.8, 4) is 0 Å². The minimum Gasteiger partial charge on any atom is -0.472 e. The van der Waals surface area contributed by atoms with E-state index in [1.807, 2.05) is 26.8 Å².